The lowest BCUT2D eigenvalue weighted by Gasteiger charge is -2.37. The van der Waals surface area contributed by atoms with Crippen LogP contribution in [0.15, 0.2) is 36.7 Å². The minimum atomic E-state index is -4.64. The summed E-state index contributed by atoms with van der Waals surface area (Å²) in [5, 5.41) is 3.85. The fourth-order valence-corrected chi connectivity index (χ4v) is 5.57. The highest BCUT2D eigenvalue weighted by Gasteiger charge is 2.35. The molecule has 1 unspecified atom stereocenters. The van der Waals surface area contributed by atoms with Crippen molar-refractivity contribution in [3.05, 3.63) is 58.6 Å². The van der Waals surface area contributed by atoms with E-state index in [-0.39, 0.29) is 11.6 Å². The number of hydrogen-bond donors (Lipinski definition) is 1. The number of alkyl halides is 3. The molecule has 0 radical (unpaired) electrons. The third kappa shape index (κ3) is 6.72. The Balaban J connectivity index is 1.35. The Hall–Kier alpha value is -3.06. The number of piperazine rings is 1. The van der Waals surface area contributed by atoms with Crippen molar-refractivity contribution in [2.75, 3.05) is 63.9 Å². The normalized spacial score (nSPS) is 18.2. The fourth-order valence-electron chi connectivity index (χ4n) is 5.32. The number of aromatic nitrogens is 3. The molecule has 2 fully saturated rings. The van der Waals surface area contributed by atoms with E-state index < -0.39 is 23.9 Å². The van der Waals surface area contributed by atoms with E-state index in [9.17, 15) is 18.0 Å². The van der Waals surface area contributed by atoms with Gasteiger partial charge in [-0.25, -0.2) is 15.0 Å². The summed E-state index contributed by atoms with van der Waals surface area (Å²) in [5.74, 6) is -0.752. The molecule has 9 nitrogen and oxygen atoms in total. The molecule has 220 valence electrons. The molecule has 1 N–H and O–H groups in total. The SMILES string of the molecule is CC(C)N1CCN(c2ccc3c(C(=O)NCC(c4cnc(C(F)(F)F)nc4)N4CCOCC4)c(Cl)ccc3n2)CC1. The van der Waals surface area contributed by atoms with Crippen LogP contribution in [0.25, 0.3) is 10.9 Å². The molecule has 5 rings (SSSR count). The second-order valence-corrected chi connectivity index (χ2v) is 10.9. The Morgan fingerprint density at radius 3 is 2.32 bits per heavy atom. The van der Waals surface area contributed by atoms with Crippen molar-refractivity contribution in [2.24, 2.45) is 0 Å². The fraction of sp³-hybridized carbons (Fsp3) is 0.500. The number of rotatable bonds is 7. The quantitative estimate of drug-likeness (QED) is 0.441. The predicted octanol–water partition coefficient (Wildman–Crippen LogP) is 4.03. The van der Waals surface area contributed by atoms with Gasteiger partial charge in [-0.05, 0) is 38.1 Å². The van der Waals surface area contributed by atoms with Gasteiger partial charge in [0, 0.05) is 75.2 Å². The molecule has 2 aliphatic rings. The maximum atomic E-state index is 13.5. The number of halogens is 4. The number of nitrogens with one attached hydrogen (secondary N) is 1. The Morgan fingerprint density at radius 2 is 1.68 bits per heavy atom. The molecule has 4 heterocycles. The number of amides is 1. The van der Waals surface area contributed by atoms with Crippen molar-refractivity contribution in [3.63, 3.8) is 0 Å². The number of anilines is 1. The molecule has 0 bridgehead atoms. The lowest BCUT2D eigenvalue weighted by molar-refractivity contribution is -0.145. The van der Waals surface area contributed by atoms with Crippen molar-refractivity contribution < 1.29 is 22.7 Å². The first-order valence-corrected chi connectivity index (χ1v) is 14.1. The van der Waals surface area contributed by atoms with Crippen LogP contribution in [-0.4, -0.2) is 95.7 Å². The first-order valence-electron chi connectivity index (χ1n) is 13.7. The van der Waals surface area contributed by atoms with Crippen LogP contribution in [0.1, 0.15) is 41.6 Å². The molecule has 1 aromatic carbocycles. The minimum Gasteiger partial charge on any atom is -0.379 e. The first-order chi connectivity index (χ1) is 19.6. The van der Waals surface area contributed by atoms with Crippen LogP contribution in [0.5, 0.6) is 0 Å². The Labute approximate surface area is 241 Å². The summed E-state index contributed by atoms with van der Waals surface area (Å²) in [5.41, 5.74) is 1.43. The lowest BCUT2D eigenvalue weighted by atomic mass is 10.1. The standard InChI is InChI=1S/C28H33ClF3N7O2/c1-18(2)37-7-9-39(10-8-37)24-6-3-20-22(36-24)5-4-21(29)25(20)26(40)33-17-23(38-11-13-41-14-12-38)19-15-34-27(35-16-19)28(30,31)32/h3-6,15-16,18,23H,7-14,17H2,1-2H3,(H,33,40). The number of benzene rings is 1. The summed E-state index contributed by atoms with van der Waals surface area (Å²) in [6, 6.07) is 7.30. The molecule has 0 saturated carbocycles. The zero-order chi connectivity index (χ0) is 29.1. The zero-order valence-corrected chi connectivity index (χ0v) is 23.8. The van der Waals surface area contributed by atoms with E-state index in [1.165, 1.54) is 12.4 Å². The van der Waals surface area contributed by atoms with Crippen LogP contribution in [0.4, 0.5) is 19.0 Å². The number of carbonyl (C=O) groups is 1. The van der Waals surface area contributed by atoms with Gasteiger partial charge in [0.25, 0.3) is 5.91 Å². The topological polar surface area (TPSA) is 86.7 Å². The first kappa shape index (κ1) is 29.4. The van der Waals surface area contributed by atoms with Crippen LogP contribution in [0.2, 0.25) is 5.02 Å². The molecule has 3 aromatic rings. The number of pyridine rings is 1. The molecular formula is C28H33ClF3N7O2. The summed E-state index contributed by atoms with van der Waals surface area (Å²) in [6.45, 7) is 10.2. The highest BCUT2D eigenvalue weighted by atomic mass is 35.5. The molecule has 2 aliphatic heterocycles. The second kappa shape index (κ2) is 12.4. The van der Waals surface area contributed by atoms with E-state index in [1.54, 1.807) is 12.1 Å². The van der Waals surface area contributed by atoms with Gasteiger partial charge in [-0.3, -0.25) is 14.6 Å². The third-order valence-electron chi connectivity index (χ3n) is 7.65. The summed E-state index contributed by atoms with van der Waals surface area (Å²) in [4.78, 5) is 32.1. The largest absolute Gasteiger partial charge is 0.451 e. The minimum absolute atomic E-state index is 0.117. The molecule has 0 aliphatic carbocycles. The van der Waals surface area contributed by atoms with Gasteiger partial charge in [-0.1, -0.05) is 11.6 Å². The monoisotopic (exact) mass is 591 g/mol. The molecule has 0 spiro atoms. The molecule has 2 saturated heterocycles. The molecular weight excluding hydrogens is 559 g/mol. The Kier molecular flexibility index (Phi) is 8.93. The number of fused-ring (bicyclic) bond motifs is 1. The molecule has 1 atom stereocenters. The van der Waals surface area contributed by atoms with Crippen molar-refractivity contribution in [3.8, 4) is 0 Å². The van der Waals surface area contributed by atoms with Gasteiger partial charge in [0.1, 0.15) is 5.82 Å². The van der Waals surface area contributed by atoms with Gasteiger partial charge in [0.15, 0.2) is 0 Å². The van der Waals surface area contributed by atoms with Crippen LogP contribution < -0.4 is 10.2 Å². The number of hydrogen-bond acceptors (Lipinski definition) is 8. The van der Waals surface area contributed by atoms with Crippen LogP contribution in [0.3, 0.4) is 0 Å². The van der Waals surface area contributed by atoms with Crippen molar-refractivity contribution >= 4 is 34.2 Å². The summed E-state index contributed by atoms with van der Waals surface area (Å²) < 4.78 is 44.5. The van der Waals surface area contributed by atoms with Gasteiger partial charge in [0.2, 0.25) is 5.82 Å². The summed E-state index contributed by atoms with van der Waals surface area (Å²) in [7, 11) is 0. The van der Waals surface area contributed by atoms with E-state index in [0.29, 0.717) is 54.4 Å². The predicted molar refractivity (Wildman–Crippen MR) is 150 cm³/mol. The van der Waals surface area contributed by atoms with Crippen molar-refractivity contribution in [1.82, 2.24) is 30.1 Å². The molecule has 2 aromatic heterocycles. The number of nitrogens with zero attached hydrogens (tertiary/aromatic N) is 6. The van der Waals surface area contributed by atoms with Gasteiger partial charge in [-0.2, -0.15) is 13.2 Å². The van der Waals surface area contributed by atoms with Crippen LogP contribution in [-0.2, 0) is 10.9 Å². The number of morpholine rings is 1. The highest BCUT2D eigenvalue weighted by Crippen LogP contribution is 2.30. The average molecular weight is 592 g/mol. The molecule has 13 heteroatoms. The Morgan fingerprint density at radius 1 is 1.00 bits per heavy atom. The van der Waals surface area contributed by atoms with Crippen LogP contribution in [0, 0.1) is 0 Å². The van der Waals surface area contributed by atoms with E-state index in [4.69, 9.17) is 21.3 Å². The van der Waals surface area contributed by atoms with E-state index >= 15 is 0 Å². The van der Waals surface area contributed by atoms with E-state index in [1.807, 2.05) is 17.0 Å². The van der Waals surface area contributed by atoms with Gasteiger partial charge < -0.3 is 15.0 Å². The van der Waals surface area contributed by atoms with Gasteiger partial charge in [-0.15, -0.1) is 0 Å². The summed E-state index contributed by atoms with van der Waals surface area (Å²) >= 11 is 6.52. The number of carbonyl (C=O) groups excluding carboxylic acids is 1. The number of ether oxygens (including phenoxy) is 1. The summed E-state index contributed by atoms with van der Waals surface area (Å²) in [6.07, 6.45) is -2.30. The van der Waals surface area contributed by atoms with Crippen molar-refractivity contribution in [2.45, 2.75) is 32.1 Å². The average Bonchev–Trinajstić information content (AvgIpc) is 2.97. The second-order valence-electron chi connectivity index (χ2n) is 10.5. The molecule has 1 amide bonds. The highest BCUT2D eigenvalue weighted by molar-refractivity contribution is 6.35. The van der Waals surface area contributed by atoms with Gasteiger partial charge >= 0.3 is 6.18 Å². The Bertz CT molecular complexity index is 1360. The smallest absolute Gasteiger partial charge is 0.379 e. The van der Waals surface area contributed by atoms with E-state index in [0.717, 1.165) is 32.0 Å². The maximum Gasteiger partial charge on any atom is 0.451 e. The lowest BCUT2D eigenvalue weighted by Crippen LogP contribution is -2.49. The maximum absolute atomic E-state index is 13.5. The van der Waals surface area contributed by atoms with Gasteiger partial charge in [0.05, 0.1) is 35.4 Å². The molecule has 41 heavy (non-hydrogen) atoms. The zero-order valence-electron chi connectivity index (χ0n) is 23.0. The third-order valence-corrected chi connectivity index (χ3v) is 7.97. The van der Waals surface area contributed by atoms with Crippen LogP contribution >= 0.6 is 11.6 Å². The van der Waals surface area contributed by atoms with Crippen molar-refractivity contribution in [1.29, 1.82) is 0 Å². The van der Waals surface area contributed by atoms with E-state index in [2.05, 4.69) is 38.9 Å².